The zero-order valence-corrected chi connectivity index (χ0v) is 12.0. The zero-order valence-electron chi connectivity index (χ0n) is 11.3. The Morgan fingerprint density at radius 2 is 1.52 bits per heavy atom. The molecule has 0 radical (unpaired) electrons. The topological polar surface area (TPSA) is 37.4 Å². The quantitative estimate of drug-likeness (QED) is 0.591. The number of allylic oxidation sites excluding steroid dienone is 2. The van der Waals surface area contributed by atoms with Crippen LogP contribution in [0.25, 0.3) is 0 Å². The molecule has 0 unspecified atom stereocenters. The van der Waals surface area contributed by atoms with Crippen LogP contribution in [-0.2, 0) is 9.59 Å². The Labute approximate surface area is 127 Å². The van der Waals surface area contributed by atoms with E-state index in [2.05, 4.69) is 12.2 Å². The minimum atomic E-state index is -0.160. The normalized spacial score (nSPS) is 42.2. The molecule has 106 valence electrons. The number of rotatable bonds is 1. The highest BCUT2D eigenvalue weighted by atomic mass is 35.5. The van der Waals surface area contributed by atoms with Gasteiger partial charge >= 0.3 is 0 Å². The molecule has 0 N–H and O–H groups in total. The van der Waals surface area contributed by atoms with E-state index >= 15 is 0 Å². The highest BCUT2D eigenvalue weighted by Gasteiger charge is 2.67. The second-order valence-corrected chi connectivity index (χ2v) is 7.03. The van der Waals surface area contributed by atoms with Gasteiger partial charge < -0.3 is 0 Å². The van der Waals surface area contributed by atoms with Gasteiger partial charge in [0.05, 0.1) is 22.5 Å². The summed E-state index contributed by atoms with van der Waals surface area (Å²) in [4.78, 5) is 27.1. The lowest BCUT2D eigenvalue weighted by Gasteiger charge is -2.37. The Kier molecular flexibility index (Phi) is 2.15. The largest absolute Gasteiger partial charge is 0.274 e. The van der Waals surface area contributed by atoms with Crippen LogP contribution in [-0.4, -0.2) is 11.8 Å². The molecule has 4 heteroatoms. The first-order chi connectivity index (χ1) is 10.2. The van der Waals surface area contributed by atoms with Crippen LogP contribution >= 0.6 is 11.6 Å². The maximum Gasteiger partial charge on any atom is 0.238 e. The van der Waals surface area contributed by atoms with Crippen LogP contribution in [0.3, 0.4) is 0 Å². The Balaban J connectivity index is 1.62. The van der Waals surface area contributed by atoms with Gasteiger partial charge in [0.25, 0.3) is 0 Å². The number of hydrogen-bond donors (Lipinski definition) is 0. The van der Waals surface area contributed by atoms with E-state index in [0.29, 0.717) is 22.5 Å². The van der Waals surface area contributed by atoms with Gasteiger partial charge in [0.2, 0.25) is 11.8 Å². The number of nitrogens with zero attached hydrogens (tertiary/aromatic N) is 1. The van der Waals surface area contributed by atoms with Crippen molar-refractivity contribution in [3.63, 3.8) is 0 Å². The molecule has 1 heterocycles. The molecule has 3 fully saturated rings. The fraction of sp³-hybridized carbons (Fsp3) is 0.412. The third-order valence-corrected chi connectivity index (χ3v) is 6.08. The average molecular weight is 300 g/mol. The minimum absolute atomic E-state index is 0.0530. The summed E-state index contributed by atoms with van der Waals surface area (Å²) in [5.74, 6) is 1.35. The maximum atomic E-state index is 12.9. The van der Waals surface area contributed by atoms with Crippen LogP contribution in [0.4, 0.5) is 5.69 Å². The van der Waals surface area contributed by atoms with E-state index in [4.69, 9.17) is 11.6 Å². The van der Waals surface area contributed by atoms with Crippen molar-refractivity contribution >= 4 is 29.1 Å². The molecule has 6 rings (SSSR count). The number of carbonyl (C=O) groups is 2. The molecule has 1 aromatic carbocycles. The van der Waals surface area contributed by atoms with Crippen molar-refractivity contribution in [1.82, 2.24) is 0 Å². The Morgan fingerprint density at radius 1 is 0.952 bits per heavy atom. The van der Waals surface area contributed by atoms with Gasteiger partial charge in [-0.2, -0.15) is 0 Å². The standard InChI is InChI=1S/C17H14ClNO2/c18-12-3-1-2-4-13(12)19-16(20)14-8-5-6-9(11-7-10(8)11)15(14)17(19)21/h1-6,8-11,14-15H,7H2/t8-,9+,10-,11-,14+,15-/m0/s1. The van der Waals surface area contributed by atoms with E-state index in [1.165, 1.54) is 11.3 Å². The second-order valence-electron chi connectivity index (χ2n) is 6.62. The number of amides is 2. The van der Waals surface area contributed by atoms with Crippen molar-refractivity contribution in [2.45, 2.75) is 6.42 Å². The van der Waals surface area contributed by atoms with E-state index in [9.17, 15) is 9.59 Å². The summed E-state index contributed by atoms with van der Waals surface area (Å²) < 4.78 is 0. The van der Waals surface area contributed by atoms with Gasteiger partial charge in [-0.15, -0.1) is 0 Å². The van der Waals surface area contributed by atoms with Gasteiger partial charge in [-0.1, -0.05) is 35.9 Å². The summed E-state index contributed by atoms with van der Waals surface area (Å²) in [7, 11) is 0. The van der Waals surface area contributed by atoms with Gasteiger partial charge in [0.15, 0.2) is 0 Å². The number of hydrogen-bond acceptors (Lipinski definition) is 2. The molecule has 21 heavy (non-hydrogen) atoms. The Morgan fingerprint density at radius 3 is 2.10 bits per heavy atom. The number of anilines is 1. The SMILES string of the molecule is O=C1[C@@H]2[C@H]3C=C[C@H]([C@@H]4C[C@@H]34)[C@@H]2C(=O)N1c1ccccc1Cl. The fourth-order valence-electron chi connectivity index (χ4n) is 4.83. The molecule has 5 aliphatic rings. The number of para-hydroxylation sites is 1. The lowest BCUT2D eigenvalue weighted by Crippen LogP contribution is -2.40. The van der Waals surface area contributed by atoms with E-state index in [1.807, 2.05) is 12.1 Å². The molecule has 2 saturated carbocycles. The summed E-state index contributed by atoms with van der Waals surface area (Å²) in [6, 6.07) is 7.10. The summed E-state index contributed by atoms with van der Waals surface area (Å²) in [6.45, 7) is 0. The monoisotopic (exact) mass is 299 g/mol. The third kappa shape index (κ3) is 1.35. The molecule has 4 aliphatic carbocycles. The predicted molar refractivity (Wildman–Crippen MR) is 78.6 cm³/mol. The van der Waals surface area contributed by atoms with Crippen molar-refractivity contribution < 1.29 is 9.59 Å². The molecular formula is C17H14ClNO2. The fourth-order valence-corrected chi connectivity index (χ4v) is 5.05. The van der Waals surface area contributed by atoms with Crippen molar-refractivity contribution in [3.8, 4) is 0 Å². The van der Waals surface area contributed by atoms with Crippen LogP contribution < -0.4 is 4.90 Å². The molecule has 2 bridgehead atoms. The first-order valence-electron chi connectivity index (χ1n) is 7.49. The third-order valence-electron chi connectivity index (χ3n) is 5.76. The molecule has 1 aromatic rings. The van der Waals surface area contributed by atoms with E-state index in [0.717, 1.165) is 0 Å². The molecule has 1 aliphatic heterocycles. The van der Waals surface area contributed by atoms with Gasteiger partial charge in [0.1, 0.15) is 0 Å². The highest BCUT2D eigenvalue weighted by Crippen LogP contribution is 2.65. The molecule has 3 nitrogen and oxygen atoms in total. The highest BCUT2D eigenvalue weighted by molar-refractivity contribution is 6.36. The summed E-state index contributed by atoms with van der Waals surface area (Å²) in [5, 5.41) is 0.461. The molecular weight excluding hydrogens is 286 g/mol. The molecule has 1 saturated heterocycles. The number of halogens is 1. The smallest absolute Gasteiger partial charge is 0.238 e. The lowest BCUT2D eigenvalue weighted by molar-refractivity contribution is -0.124. The van der Waals surface area contributed by atoms with Gasteiger partial charge in [-0.05, 0) is 42.2 Å². The van der Waals surface area contributed by atoms with Gasteiger partial charge in [-0.25, -0.2) is 4.90 Å². The van der Waals surface area contributed by atoms with Gasteiger partial charge in [-0.3, -0.25) is 9.59 Å². The van der Waals surface area contributed by atoms with Crippen LogP contribution in [0.5, 0.6) is 0 Å². The number of imide groups is 1. The summed E-state index contributed by atoms with van der Waals surface area (Å²) in [6.07, 6.45) is 5.55. The summed E-state index contributed by atoms with van der Waals surface area (Å²) in [5.41, 5.74) is 0.539. The number of carbonyl (C=O) groups excluding carboxylic acids is 2. The van der Waals surface area contributed by atoms with Crippen molar-refractivity contribution in [1.29, 1.82) is 0 Å². The van der Waals surface area contributed by atoms with Crippen molar-refractivity contribution in [2.24, 2.45) is 35.5 Å². The molecule has 2 amide bonds. The molecule has 0 aromatic heterocycles. The van der Waals surface area contributed by atoms with E-state index in [1.54, 1.807) is 12.1 Å². The van der Waals surface area contributed by atoms with Crippen LogP contribution in [0.15, 0.2) is 36.4 Å². The van der Waals surface area contributed by atoms with Crippen LogP contribution in [0, 0.1) is 35.5 Å². The Hall–Kier alpha value is -1.61. The second kappa shape index (κ2) is 3.77. The van der Waals surface area contributed by atoms with Crippen LogP contribution in [0.2, 0.25) is 5.02 Å². The van der Waals surface area contributed by atoms with Crippen LogP contribution in [0.1, 0.15) is 6.42 Å². The molecule has 6 atom stereocenters. The molecule has 0 spiro atoms. The summed E-state index contributed by atoms with van der Waals surface area (Å²) >= 11 is 6.20. The van der Waals surface area contributed by atoms with Crippen molar-refractivity contribution in [2.75, 3.05) is 4.90 Å². The zero-order chi connectivity index (χ0) is 14.3. The lowest BCUT2D eigenvalue weighted by atomic mass is 9.63. The van der Waals surface area contributed by atoms with Gasteiger partial charge in [0, 0.05) is 0 Å². The minimum Gasteiger partial charge on any atom is -0.274 e. The predicted octanol–water partition coefficient (Wildman–Crippen LogP) is 2.90. The van der Waals surface area contributed by atoms with E-state index < -0.39 is 0 Å². The maximum absolute atomic E-state index is 12.9. The Bertz CT molecular complexity index is 676. The average Bonchev–Trinajstić information content (AvgIpc) is 3.26. The first kappa shape index (κ1) is 12.0. The van der Waals surface area contributed by atoms with E-state index in [-0.39, 0.29) is 35.5 Å². The first-order valence-corrected chi connectivity index (χ1v) is 7.87. The number of benzene rings is 1. The van der Waals surface area contributed by atoms with Crippen molar-refractivity contribution in [3.05, 3.63) is 41.4 Å².